The van der Waals surface area contributed by atoms with Gasteiger partial charge in [0.15, 0.2) is 5.65 Å². The van der Waals surface area contributed by atoms with E-state index in [0.717, 1.165) is 0 Å². The van der Waals surface area contributed by atoms with E-state index in [4.69, 9.17) is 34.8 Å². The lowest BCUT2D eigenvalue weighted by Gasteiger charge is -2.07. The molecule has 0 aliphatic rings. The minimum Gasteiger partial charge on any atom is -0.321 e. The molecule has 0 radical (unpaired) electrons. The fraction of sp³-hybridized carbons (Fsp3) is 0.0667. The zero-order valence-corrected chi connectivity index (χ0v) is 13.7. The van der Waals surface area contributed by atoms with Crippen LogP contribution in [-0.2, 0) is 0 Å². The summed E-state index contributed by atoms with van der Waals surface area (Å²) in [6, 6.07) is 8.43. The Morgan fingerprint density at radius 2 is 1.82 bits per heavy atom. The predicted molar refractivity (Wildman–Crippen MR) is 89.4 cm³/mol. The second-order valence-corrected chi connectivity index (χ2v) is 5.99. The molecular weight excluding hydrogens is 345 g/mol. The Morgan fingerprint density at radius 1 is 1.14 bits per heavy atom. The summed E-state index contributed by atoms with van der Waals surface area (Å²) >= 11 is 18.0. The summed E-state index contributed by atoms with van der Waals surface area (Å²) in [6.07, 6.45) is 1.61. The SMILES string of the molecule is Cc1nc2c(Cl)cc(Cl)cn2c1C(=O)Nc1ccc(Cl)cc1. The van der Waals surface area contributed by atoms with Crippen LogP contribution in [0.4, 0.5) is 5.69 Å². The van der Waals surface area contributed by atoms with Crippen molar-refractivity contribution >= 4 is 52.0 Å². The summed E-state index contributed by atoms with van der Waals surface area (Å²) in [4.78, 5) is 16.8. The first-order valence-electron chi connectivity index (χ1n) is 6.36. The number of aromatic nitrogens is 2. The van der Waals surface area contributed by atoms with E-state index in [2.05, 4.69) is 10.3 Å². The van der Waals surface area contributed by atoms with Crippen LogP contribution in [0.1, 0.15) is 16.2 Å². The lowest BCUT2D eigenvalue weighted by atomic mass is 10.3. The van der Waals surface area contributed by atoms with Crippen LogP contribution in [0.3, 0.4) is 0 Å². The molecule has 0 saturated carbocycles. The minimum absolute atomic E-state index is 0.300. The van der Waals surface area contributed by atoms with Crippen molar-refractivity contribution in [3.63, 3.8) is 0 Å². The summed E-state index contributed by atoms with van der Waals surface area (Å²) in [7, 11) is 0. The summed E-state index contributed by atoms with van der Waals surface area (Å²) in [5.74, 6) is -0.300. The van der Waals surface area contributed by atoms with Crippen molar-refractivity contribution in [1.29, 1.82) is 0 Å². The van der Waals surface area contributed by atoms with Crippen molar-refractivity contribution in [1.82, 2.24) is 9.38 Å². The number of benzene rings is 1. The number of pyridine rings is 1. The van der Waals surface area contributed by atoms with E-state index in [1.54, 1.807) is 47.9 Å². The number of rotatable bonds is 2. The number of carbonyl (C=O) groups excluding carboxylic acids is 1. The van der Waals surface area contributed by atoms with Gasteiger partial charge in [0, 0.05) is 16.9 Å². The van der Waals surface area contributed by atoms with Crippen LogP contribution in [0.25, 0.3) is 5.65 Å². The van der Waals surface area contributed by atoms with Gasteiger partial charge in [-0.15, -0.1) is 0 Å². The van der Waals surface area contributed by atoms with Crippen molar-refractivity contribution in [3.05, 3.63) is 63.0 Å². The van der Waals surface area contributed by atoms with Gasteiger partial charge in [-0.1, -0.05) is 34.8 Å². The molecule has 2 heterocycles. The Labute approximate surface area is 141 Å². The van der Waals surface area contributed by atoms with Gasteiger partial charge in [0.05, 0.1) is 15.7 Å². The highest BCUT2D eigenvalue weighted by atomic mass is 35.5. The van der Waals surface area contributed by atoms with E-state index < -0.39 is 0 Å². The molecule has 112 valence electrons. The normalized spacial score (nSPS) is 10.9. The quantitative estimate of drug-likeness (QED) is 0.714. The molecular formula is C15H10Cl3N3O. The smallest absolute Gasteiger partial charge is 0.274 e. The number of aryl methyl sites for hydroxylation is 1. The van der Waals surface area contributed by atoms with Crippen molar-refractivity contribution in [2.24, 2.45) is 0 Å². The van der Waals surface area contributed by atoms with E-state index >= 15 is 0 Å². The molecule has 3 aromatic rings. The molecule has 22 heavy (non-hydrogen) atoms. The Bertz CT molecular complexity index is 872. The number of fused-ring (bicyclic) bond motifs is 1. The minimum atomic E-state index is -0.300. The summed E-state index contributed by atoms with van der Waals surface area (Å²) in [6.45, 7) is 1.74. The Kier molecular flexibility index (Phi) is 4.00. The van der Waals surface area contributed by atoms with Gasteiger partial charge in [-0.3, -0.25) is 9.20 Å². The van der Waals surface area contributed by atoms with E-state index in [1.807, 2.05) is 0 Å². The van der Waals surface area contributed by atoms with Crippen molar-refractivity contribution in [2.75, 3.05) is 5.32 Å². The fourth-order valence-corrected chi connectivity index (χ4v) is 2.82. The number of imidazole rings is 1. The van der Waals surface area contributed by atoms with Crippen molar-refractivity contribution in [3.8, 4) is 0 Å². The monoisotopic (exact) mass is 353 g/mol. The zero-order chi connectivity index (χ0) is 15.9. The van der Waals surface area contributed by atoms with Crippen LogP contribution in [0.15, 0.2) is 36.5 Å². The number of nitrogens with zero attached hydrogens (tertiary/aromatic N) is 2. The molecule has 0 unspecified atom stereocenters. The molecule has 4 nitrogen and oxygen atoms in total. The van der Waals surface area contributed by atoms with E-state index in [0.29, 0.717) is 37.8 Å². The molecule has 0 bridgehead atoms. The first-order valence-corrected chi connectivity index (χ1v) is 7.49. The maximum absolute atomic E-state index is 12.5. The Hall–Kier alpha value is -1.75. The van der Waals surface area contributed by atoms with E-state index in [-0.39, 0.29) is 5.91 Å². The van der Waals surface area contributed by atoms with Gasteiger partial charge in [0.25, 0.3) is 5.91 Å². The third kappa shape index (κ3) is 2.77. The van der Waals surface area contributed by atoms with Gasteiger partial charge in [-0.05, 0) is 37.3 Å². The largest absolute Gasteiger partial charge is 0.321 e. The topological polar surface area (TPSA) is 46.4 Å². The highest BCUT2D eigenvalue weighted by Crippen LogP contribution is 2.25. The molecule has 0 aliphatic heterocycles. The lowest BCUT2D eigenvalue weighted by molar-refractivity contribution is 0.102. The summed E-state index contributed by atoms with van der Waals surface area (Å²) in [5.41, 5.74) is 2.08. The number of halogens is 3. The number of amides is 1. The Morgan fingerprint density at radius 3 is 2.50 bits per heavy atom. The molecule has 0 spiro atoms. The standard InChI is InChI=1S/C15H10Cl3N3O/c1-8-13(15(22)20-11-4-2-9(16)3-5-11)21-7-10(17)6-12(18)14(21)19-8/h2-7H,1H3,(H,20,22). The average molecular weight is 355 g/mol. The number of nitrogens with one attached hydrogen (secondary N) is 1. The van der Waals surface area contributed by atoms with Gasteiger partial charge in [0.2, 0.25) is 0 Å². The van der Waals surface area contributed by atoms with Crippen LogP contribution < -0.4 is 5.32 Å². The molecule has 2 aromatic heterocycles. The molecule has 0 fully saturated rings. The van der Waals surface area contributed by atoms with Crippen molar-refractivity contribution < 1.29 is 4.79 Å². The second kappa shape index (κ2) is 5.80. The Balaban J connectivity index is 2.03. The highest BCUT2D eigenvalue weighted by molar-refractivity contribution is 6.36. The van der Waals surface area contributed by atoms with Crippen molar-refractivity contribution in [2.45, 2.75) is 6.92 Å². The van der Waals surface area contributed by atoms with Gasteiger partial charge in [0.1, 0.15) is 5.69 Å². The van der Waals surface area contributed by atoms with Gasteiger partial charge in [-0.25, -0.2) is 4.98 Å². The van der Waals surface area contributed by atoms with Gasteiger partial charge < -0.3 is 5.32 Å². The van der Waals surface area contributed by atoms with Gasteiger partial charge in [-0.2, -0.15) is 0 Å². The van der Waals surface area contributed by atoms with Crippen LogP contribution in [0.5, 0.6) is 0 Å². The van der Waals surface area contributed by atoms with Gasteiger partial charge >= 0.3 is 0 Å². The molecule has 7 heteroatoms. The molecule has 1 N–H and O–H groups in total. The first kappa shape index (κ1) is 15.2. The highest BCUT2D eigenvalue weighted by Gasteiger charge is 2.18. The van der Waals surface area contributed by atoms with E-state index in [9.17, 15) is 4.79 Å². The van der Waals surface area contributed by atoms with Crippen LogP contribution >= 0.6 is 34.8 Å². The summed E-state index contributed by atoms with van der Waals surface area (Å²) < 4.78 is 1.59. The second-order valence-electron chi connectivity index (χ2n) is 4.71. The molecule has 0 atom stereocenters. The predicted octanol–water partition coefficient (Wildman–Crippen LogP) is 4.86. The number of carbonyl (C=O) groups is 1. The number of hydrogen-bond donors (Lipinski definition) is 1. The lowest BCUT2D eigenvalue weighted by Crippen LogP contribution is -2.15. The molecule has 1 amide bonds. The molecule has 3 rings (SSSR count). The zero-order valence-electron chi connectivity index (χ0n) is 11.4. The first-order chi connectivity index (χ1) is 10.5. The molecule has 0 saturated heterocycles. The number of hydrogen-bond acceptors (Lipinski definition) is 2. The third-order valence-corrected chi connectivity index (χ3v) is 3.87. The third-order valence-electron chi connectivity index (χ3n) is 3.13. The molecule has 0 aliphatic carbocycles. The number of anilines is 1. The van der Waals surface area contributed by atoms with Crippen LogP contribution in [-0.4, -0.2) is 15.3 Å². The average Bonchev–Trinajstić information content (AvgIpc) is 2.78. The molecule has 1 aromatic carbocycles. The maximum atomic E-state index is 12.5. The fourth-order valence-electron chi connectivity index (χ4n) is 2.18. The van der Waals surface area contributed by atoms with E-state index in [1.165, 1.54) is 0 Å². The van der Waals surface area contributed by atoms with Crippen LogP contribution in [0, 0.1) is 6.92 Å². The summed E-state index contributed by atoms with van der Waals surface area (Å²) in [5, 5.41) is 4.21. The van der Waals surface area contributed by atoms with Crippen LogP contribution in [0.2, 0.25) is 15.1 Å². The maximum Gasteiger partial charge on any atom is 0.274 e.